The molecule has 1 heterocycles. The second-order valence-corrected chi connectivity index (χ2v) is 7.06. The predicted octanol–water partition coefficient (Wildman–Crippen LogP) is 2.73. The third-order valence-electron chi connectivity index (χ3n) is 3.97. The van der Waals surface area contributed by atoms with E-state index in [-0.39, 0.29) is 17.9 Å². The van der Waals surface area contributed by atoms with E-state index in [0.717, 1.165) is 0 Å². The summed E-state index contributed by atoms with van der Waals surface area (Å²) in [6, 6.07) is 6.12. The number of carbonyl (C=O) groups excluding carboxylic acids is 2. The zero-order valence-corrected chi connectivity index (χ0v) is 15.2. The maximum absolute atomic E-state index is 12.8. The number of benzene rings is 1. The van der Waals surface area contributed by atoms with Gasteiger partial charge in [0.25, 0.3) is 5.91 Å². The van der Waals surface area contributed by atoms with Crippen LogP contribution in [-0.2, 0) is 9.53 Å². The van der Waals surface area contributed by atoms with Crippen LogP contribution in [0.25, 0.3) is 0 Å². The summed E-state index contributed by atoms with van der Waals surface area (Å²) in [5.74, 6) is -0.00364. The molecule has 24 heavy (non-hydrogen) atoms. The van der Waals surface area contributed by atoms with Gasteiger partial charge in [0.15, 0.2) is 0 Å². The molecule has 1 aromatic carbocycles. The fourth-order valence-electron chi connectivity index (χ4n) is 2.77. The van der Waals surface area contributed by atoms with Crippen molar-refractivity contribution in [3.63, 3.8) is 0 Å². The Labute approximate surface area is 148 Å². The number of amides is 2. The fourth-order valence-corrected chi connectivity index (χ4v) is 2.90. The maximum atomic E-state index is 12.8. The molecule has 0 aromatic heterocycles. The number of carbonyl (C=O) groups is 2. The Kier molecular flexibility index (Phi) is 6.63. The van der Waals surface area contributed by atoms with Crippen molar-refractivity contribution in [2.75, 3.05) is 19.7 Å². The highest BCUT2D eigenvalue weighted by Gasteiger charge is 2.29. The molecule has 5 nitrogen and oxygen atoms in total. The Hall–Kier alpha value is -1.59. The zero-order chi connectivity index (χ0) is 17.7. The highest BCUT2D eigenvalue weighted by atomic mass is 35.5. The number of hydrogen-bond acceptors (Lipinski definition) is 3. The van der Waals surface area contributed by atoms with Gasteiger partial charge in [0.2, 0.25) is 5.91 Å². The molecule has 1 fully saturated rings. The van der Waals surface area contributed by atoms with E-state index in [1.807, 2.05) is 20.8 Å². The van der Waals surface area contributed by atoms with Gasteiger partial charge in [-0.2, -0.15) is 0 Å². The number of nitrogens with one attached hydrogen (secondary N) is 1. The molecule has 1 aromatic rings. The van der Waals surface area contributed by atoms with Crippen LogP contribution in [0.1, 0.15) is 37.6 Å². The first-order valence-corrected chi connectivity index (χ1v) is 8.71. The average Bonchev–Trinajstić information content (AvgIpc) is 2.53. The number of halogens is 1. The van der Waals surface area contributed by atoms with Crippen molar-refractivity contribution in [2.24, 2.45) is 5.92 Å². The lowest BCUT2D eigenvalue weighted by Gasteiger charge is -2.34. The van der Waals surface area contributed by atoms with E-state index in [1.54, 1.807) is 29.2 Å². The SMILES string of the molecule is CC(C)C[C@H](NC(=O)c1ccc(Cl)cc1)C(=O)N1CCO[C@H](C)C1. The van der Waals surface area contributed by atoms with Crippen LogP contribution >= 0.6 is 11.6 Å². The Balaban J connectivity index is 2.08. The van der Waals surface area contributed by atoms with Gasteiger partial charge in [0.1, 0.15) is 6.04 Å². The summed E-state index contributed by atoms with van der Waals surface area (Å²) in [5, 5.41) is 3.45. The van der Waals surface area contributed by atoms with Crippen molar-refractivity contribution >= 4 is 23.4 Å². The van der Waals surface area contributed by atoms with Crippen LogP contribution in [0.4, 0.5) is 0 Å². The Morgan fingerprint density at radius 2 is 2.00 bits per heavy atom. The molecule has 132 valence electrons. The summed E-state index contributed by atoms with van der Waals surface area (Å²) in [4.78, 5) is 27.1. The van der Waals surface area contributed by atoms with Crippen molar-refractivity contribution < 1.29 is 14.3 Å². The molecule has 0 aliphatic carbocycles. The summed E-state index contributed by atoms with van der Waals surface area (Å²) >= 11 is 5.85. The van der Waals surface area contributed by atoms with Crippen molar-refractivity contribution in [3.05, 3.63) is 34.9 Å². The van der Waals surface area contributed by atoms with E-state index in [9.17, 15) is 9.59 Å². The molecule has 1 N–H and O–H groups in total. The molecule has 2 amide bonds. The first-order valence-electron chi connectivity index (χ1n) is 8.33. The zero-order valence-electron chi connectivity index (χ0n) is 14.4. The summed E-state index contributed by atoms with van der Waals surface area (Å²) < 4.78 is 5.49. The second-order valence-electron chi connectivity index (χ2n) is 6.63. The highest BCUT2D eigenvalue weighted by Crippen LogP contribution is 2.14. The molecule has 0 radical (unpaired) electrons. The van der Waals surface area contributed by atoms with Crippen molar-refractivity contribution in [2.45, 2.75) is 39.3 Å². The fraction of sp³-hybridized carbons (Fsp3) is 0.556. The molecule has 0 bridgehead atoms. The molecule has 2 rings (SSSR count). The van der Waals surface area contributed by atoms with E-state index in [1.165, 1.54) is 0 Å². The van der Waals surface area contributed by atoms with Crippen LogP contribution in [0, 0.1) is 5.92 Å². The predicted molar refractivity (Wildman–Crippen MR) is 94.2 cm³/mol. The summed E-state index contributed by atoms with van der Waals surface area (Å²) in [7, 11) is 0. The minimum absolute atomic E-state index is 0.0226. The summed E-state index contributed by atoms with van der Waals surface area (Å²) in [5.41, 5.74) is 0.497. The Morgan fingerprint density at radius 3 is 2.58 bits per heavy atom. The van der Waals surface area contributed by atoms with Gasteiger partial charge in [-0.15, -0.1) is 0 Å². The van der Waals surface area contributed by atoms with Gasteiger partial charge in [0, 0.05) is 23.7 Å². The van der Waals surface area contributed by atoms with Gasteiger partial charge >= 0.3 is 0 Å². The van der Waals surface area contributed by atoms with Crippen molar-refractivity contribution in [3.8, 4) is 0 Å². The van der Waals surface area contributed by atoms with Crippen LogP contribution in [0.2, 0.25) is 5.02 Å². The molecule has 0 spiro atoms. The van der Waals surface area contributed by atoms with Gasteiger partial charge in [-0.25, -0.2) is 0 Å². The molecule has 1 aliphatic rings. The first-order chi connectivity index (χ1) is 11.4. The topological polar surface area (TPSA) is 58.6 Å². The maximum Gasteiger partial charge on any atom is 0.251 e. The molecule has 2 atom stereocenters. The van der Waals surface area contributed by atoms with Gasteiger partial charge in [-0.05, 0) is 43.5 Å². The average molecular weight is 353 g/mol. The van der Waals surface area contributed by atoms with Crippen LogP contribution in [0.5, 0.6) is 0 Å². The van der Waals surface area contributed by atoms with E-state index in [4.69, 9.17) is 16.3 Å². The first kappa shape index (κ1) is 18.7. The van der Waals surface area contributed by atoms with Gasteiger partial charge in [-0.3, -0.25) is 9.59 Å². The normalized spacial score (nSPS) is 19.2. The Morgan fingerprint density at radius 1 is 1.33 bits per heavy atom. The molecule has 1 saturated heterocycles. The van der Waals surface area contributed by atoms with Crippen LogP contribution < -0.4 is 5.32 Å². The largest absolute Gasteiger partial charge is 0.375 e. The van der Waals surface area contributed by atoms with E-state index in [0.29, 0.717) is 42.6 Å². The number of nitrogens with zero attached hydrogens (tertiary/aromatic N) is 1. The monoisotopic (exact) mass is 352 g/mol. The van der Waals surface area contributed by atoms with E-state index >= 15 is 0 Å². The molecule has 1 aliphatic heterocycles. The standard InChI is InChI=1S/C18H25ClN2O3/c1-12(2)10-16(18(23)21-8-9-24-13(3)11-21)20-17(22)14-4-6-15(19)7-5-14/h4-7,12-13,16H,8-11H2,1-3H3,(H,20,22)/t13-,16+/m1/s1. The summed E-state index contributed by atoms with van der Waals surface area (Å²) in [6.45, 7) is 7.68. The van der Waals surface area contributed by atoms with E-state index in [2.05, 4.69) is 5.32 Å². The van der Waals surface area contributed by atoms with Crippen molar-refractivity contribution in [1.29, 1.82) is 0 Å². The van der Waals surface area contributed by atoms with Crippen LogP contribution in [0.3, 0.4) is 0 Å². The second kappa shape index (κ2) is 8.49. The van der Waals surface area contributed by atoms with Crippen LogP contribution in [0.15, 0.2) is 24.3 Å². The number of morpholine rings is 1. The smallest absolute Gasteiger partial charge is 0.251 e. The highest BCUT2D eigenvalue weighted by molar-refractivity contribution is 6.30. The van der Waals surface area contributed by atoms with Gasteiger partial charge in [-0.1, -0.05) is 25.4 Å². The lowest BCUT2D eigenvalue weighted by atomic mass is 10.0. The minimum Gasteiger partial charge on any atom is -0.375 e. The molecule has 0 unspecified atom stereocenters. The van der Waals surface area contributed by atoms with Gasteiger partial charge < -0.3 is 15.0 Å². The lowest BCUT2D eigenvalue weighted by Crippen LogP contribution is -2.53. The third kappa shape index (κ3) is 5.21. The van der Waals surface area contributed by atoms with Gasteiger partial charge in [0.05, 0.1) is 12.7 Å². The van der Waals surface area contributed by atoms with E-state index < -0.39 is 6.04 Å². The Bertz CT molecular complexity index is 574. The molecule has 0 saturated carbocycles. The quantitative estimate of drug-likeness (QED) is 0.886. The molecular weight excluding hydrogens is 328 g/mol. The summed E-state index contributed by atoms with van der Waals surface area (Å²) in [6.07, 6.45) is 0.624. The molecular formula is C18H25ClN2O3. The lowest BCUT2D eigenvalue weighted by molar-refractivity contribution is -0.140. The van der Waals surface area contributed by atoms with Crippen molar-refractivity contribution in [1.82, 2.24) is 10.2 Å². The number of hydrogen-bond donors (Lipinski definition) is 1. The number of ether oxygens (including phenoxy) is 1. The minimum atomic E-state index is -0.529. The third-order valence-corrected chi connectivity index (χ3v) is 4.22. The number of rotatable bonds is 5. The van der Waals surface area contributed by atoms with Crippen LogP contribution in [-0.4, -0.2) is 48.6 Å². The molecule has 6 heteroatoms.